The van der Waals surface area contributed by atoms with Gasteiger partial charge in [0.25, 0.3) is 0 Å². The topological polar surface area (TPSA) is 169 Å². The van der Waals surface area contributed by atoms with Crippen molar-refractivity contribution in [3.63, 3.8) is 0 Å². The van der Waals surface area contributed by atoms with Gasteiger partial charge in [0, 0.05) is 30.2 Å². The molecule has 0 radical (unpaired) electrons. The Morgan fingerprint density at radius 3 is 2.40 bits per heavy atom. The van der Waals surface area contributed by atoms with Crippen molar-refractivity contribution in [3.8, 4) is 22.8 Å². The molecule has 11 atom stereocenters. The van der Waals surface area contributed by atoms with Crippen molar-refractivity contribution in [2.75, 3.05) is 0 Å². The number of hydrogen-bond donors (Lipinski definition) is 6. The van der Waals surface area contributed by atoms with Crippen LogP contribution < -0.4 is 5.43 Å². The molecule has 0 bridgehead atoms. The van der Waals surface area contributed by atoms with Crippen molar-refractivity contribution in [3.05, 3.63) is 58.8 Å². The minimum absolute atomic E-state index is 0.0671. The maximum absolute atomic E-state index is 12.0. The summed E-state index contributed by atoms with van der Waals surface area (Å²) in [5, 5.41) is 61.2. The van der Waals surface area contributed by atoms with Gasteiger partial charge in [-0.1, -0.05) is 51.1 Å². The summed E-state index contributed by atoms with van der Waals surface area (Å²) in [6.07, 6.45) is 6.00. The molecule has 0 aliphatic heterocycles. The molecule has 1 aromatic heterocycles. The first-order valence-corrected chi connectivity index (χ1v) is 17.5. The van der Waals surface area contributed by atoms with E-state index in [0.29, 0.717) is 35.9 Å². The molecule has 4 aliphatic carbocycles. The molecular formula is C39H50O9. The highest BCUT2D eigenvalue weighted by Gasteiger charge is 2.65. The van der Waals surface area contributed by atoms with Crippen LogP contribution in [0.15, 0.2) is 57.7 Å². The monoisotopic (exact) mass is 662 g/mol. The van der Waals surface area contributed by atoms with Crippen LogP contribution in [0.4, 0.5) is 0 Å². The highest BCUT2D eigenvalue weighted by molar-refractivity contribution is 5.85. The van der Waals surface area contributed by atoms with Gasteiger partial charge in [-0.2, -0.15) is 0 Å². The molecule has 260 valence electrons. The van der Waals surface area contributed by atoms with E-state index in [1.54, 1.807) is 0 Å². The third kappa shape index (κ3) is 6.03. The molecule has 4 saturated carbocycles. The Hall–Kier alpha value is -3.40. The van der Waals surface area contributed by atoms with Crippen molar-refractivity contribution in [1.29, 1.82) is 0 Å². The second kappa shape index (κ2) is 13.1. The highest BCUT2D eigenvalue weighted by atomic mass is 16.4. The van der Waals surface area contributed by atoms with Crippen molar-refractivity contribution in [2.45, 2.75) is 96.9 Å². The Kier molecular flexibility index (Phi) is 9.43. The second-order valence-corrected chi connectivity index (χ2v) is 15.6. The summed E-state index contributed by atoms with van der Waals surface area (Å²) < 4.78 is 5.57. The summed E-state index contributed by atoms with van der Waals surface area (Å²) in [5.41, 5.74) is 0.418. The fourth-order valence-electron chi connectivity index (χ4n) is 10.7. The third-order valence-electron chi connectivity index (χ3n) is 13.2. The second-order valence-electron chi connectivity index (χ2n) is 15.6. The minimum Gasteiger partial charge on any atom is -0.508 e. The Morgan fingerprint density at radius 1 is 0.958 bits per heavy atom. The van der Waals surface area contributed by atoms with Crippen LogP contribution in [0.25, 0.3) is 22.3 Å². The first-order chi connectivity index (χ1) is 22.7. The van der Waals surface area contributed by atoms with Gasteiger partial charge < -0.3 is 35.1 Å². The fraction of sp³-hybridized carbons (Fsp3) is 0.590. The highest BCUT2D eigenvalue weighted by Crippen LogP contribution is 2.68. The van der Waals surface area contributed by atoms with Crippen LogP contribution in [0.3, 0.4) is 0 Å². The number of aromatic hydroxyl groups is 2. The lowest BCUT2D eigenvalue weighted by atomic mass is 9.43. The van der Waals surface area contributed by atoms with Gasteiger partial charge in [0.05, 0.1) is 18.3 Å². The van der Waals surface area contributed by atoms with Gasteiger partial charge in [-0.15, -0.1) is 0 Å². The predicted octanol–water partition coefficient (Wildman–Crippen LogP) is 6.32. The standard InChI is InChI=1S/C24H40O5.C15H10O4/c1-13(4-7-21(28)29)16-5-6-17-22-18(12-20(27)24(16,17)3)23(2)9-8-15(25)10-14(23)11-19(22)26;16-10-6-11(17)15-12(18)8-13(19-14(15)7-10)9-4-2-1-3-5-9/h13-20,22,25-27H,4-12H2,1-3H3,(H,28,29);1-8,16-17H/t13-,14+,15-,16-,17+,18+,19-,20+,22+,23+,24-;/m1./s1. The van der Waals surface area contributed by atoms with Crippen molar-refractivity contribution in [1.82, 2.24) is 0 Å². The molecule has 2 aromatic carbocycles. The summed E-state index contributed by atoms with van der Waals surface area (Å²) in [7, 11) is 0. The molecule has 0 spiro atoms. The fourth-order valence-corrected chi connectivity index (χ4v) is 10.7. The lowest BCUT2D eigenvalue weighted by molar-refractivity contribution is -0.207. The Labute approximate surface area is 281 Å². The molecule has 7 rings (SSSR count). The van der Waals surface area contributed by atoms with E-state index in [4.69, 9.17) is 9.52 Å². The molecule has 0 unspecified atom stereocenters. The number of phenols is 2. The number of aliphatic hydroxyl groups is 3. The molecule has 4 fully saturated rings. The SMILES string of the molecule is C[C@H](CCC(=O)O)[C@H]1CC[C@H]2[C@@H]3[C@H](O)C[C@@H]4C[C@H](O)CC[C@]4(C)[C@H]3C[C@H](O)[C@]12C.O=c1cc(-c2ccccc2)oc2cc(O)cc(O)c12. The number of phenolic OH excluding ortho intramolecular Hbond substituents is 2. The average Bonchev–Trinajstić information content (AvgIpc) is 3.39. The number of aliphatic carboxylic acids is 1. The zero-order valence-electron chi connectivity index (χ0n) is 28.1. The Balaban J connectivity index is 0.000000182. The van der Waals surface area contributed by atoms with Crippen LogP contribution in [0.2, 0.25) is 0 Å². The van der Waals surface area contributed by atoms with Gasteiger partial charge in [-0.25, -0.2) is 0 Å². The number of fused-ring (bicyclic) bond motifs is 6. The summed E-state index contributed by atoms with van der Waals surface area (Å²) in [6, 6.07) is 12.9. The van der Waals surface area contributed by atoms with Gasteiger partial charge in [-0.3, -0.25) is 9.59 Å². The van der Waals surface area contributed by atoms with Crippen molar-refractivity contribution in [2.24, 2.45) is 46.3 Å². The van der Waals surface area contributed by atoms with Crippen molar-refractivity contribution < 1.29 is 39.9 Å². The number of rotatable bonds is 5. The molecule has 1 heterocycles. The maximum Gasteiger partial charge on any atom is 0.303 e. The molecule has 9 nitrogen and oxygen atoms in total. The summed E-state index contributed by atoms with van der Waals surface area (Å²) in [6.45, 7) is 6.72. The number of hydrogen-bond acceptors (Lipinski definition) is 8. The first-order valence-electron chi connectivity index (χ1n) is 17.5. The largest absolute Gasteiger partial charge is 0.508 e. The van der Waals surface area contributed by atoms with Crippen LogP contribution in [0, 0.1) is 46.3 Å². The van der Waals surface area contributed by atoms with E-state index in [1.807, 2.05) is 30.3 Å². The summed E-state index contributed by atoms with van der Waals surface area (Å²) in [5.74, 6) is 0.946. The van der Waals surface area contributed by atoms with Gasteiger partial charge in [0.15, 0.2) is 5.43 Å². The predicted molar refractivity (Wildman–Crippen MR) is 181 cm³/mol. The summed E-state index contributed by atoms with van der Waals surface area (Å²) >= 11 is 0. The maximum atomic E-state index is 12.0. The van der Waals surface area contributed by atoms with Crippen LogP contribution in [-0.2, 0) is 4.79 Å². The van der Waals surface area contributed by atoms with Crippen molar-refractivity contribution >= 4 is 16.9 Å². The van der Waals surface area contributed by atoms with Crippen LogP contribution in [0.5, 0.6) is 11.5 Å². The van der Waals surface area contributed by atoms with E-state index in [9.17, 15) is 35.1 Å². The van der Waals surface area contributed by atoms with E-state index in [2.05, 4.69) is 20.8 Å². The Bertz CT molecular complexity index is 1690. The average molecular weight is 663 g/mol. The van der Waals surface area contributed by atoms with Crippen LogP contribution in [0.1, 0.15) is 78.6 Å². The molecule has 4 aliphatic rings. The van der Waals surface area contributed by atoms with E-state index < -0.39 is 12.1 Å². The number of carbonyl (C=O) groups is 1. The minimum atomic E-state index is -0.748. The van der Waals surface area contributed by atoms with Gasteiger partial charge in [-0.05, 0) is 97.7 Å². The Morgan fingerprint density at radius 2 is 1.69 bits per heavy atom. The normalized spacial score (nSPS) is 36.2. The molecular weight excluding hydrogens is 612 g/mol. The molecule has 0 amide bonds. The smallest absolute Gasteiger partial charge is 0.303 e. The molecule has 48 heavy (non-hydrogen) atoms. The summed E-state index contributed by atoms with van der Waals surface area (Å²) in [4.78, 5) is 23.1. The lowest BCUT2D eigenvalue weighted by Crippen LogP contribution is -2.62. The first kappa shape index (κ1) is 34.5. The zero-order chi connectivity index (χ0) is 34.5. The van der Waals surface area contributed by atoms with Gasteiger partial charge in [0.2, 0.25) is 0 Å². The number of carboxylic acid groups (broad SMARTS) is 1. The molecule has 0 saturated heterocycles. The van der Waals surface area contributed by atoms with Gasteiger partial charge >= 0.3 is 5.97 Å². The quantitative estimate of drug-likeness (QED) is 0.183. The van der Waals surface area contributed by atoms with E-state index >= 15 is 0 Å². The lowest BCUT2D eigenvalue weighted by Gasteiger charge is -2.63. The number of benzene rings is 2. The number of carboxylic acids is 1. The third-order valence-corrected chi connectivity index (χ3v) is 13.2. The zero-order valence-corrected chi connectivity index (χ0v) is 28.1. The molecule has 3 aromatic rings. The molecule has 9 heteroatoms. The van der Waals surface area contributed by atoms with Gasteiger partial charge in [0.1, 0.15) is 28.2 Å². The van der Waals surface area contributed by atoms with E-state index in [-0.39, 0.29) is 69.2 Å². The van der Waals surface area contributed by atoms with E-state index in [0.717, 1.165) is 56.6 Å². The number of aliphatic hydroxyl groups excluding tert-OH is 3. The van der Waals surface area contributed by atoms with Crippen LogP contribution in [-0.4, -0.2) is 54.9 Å². The van der Waals surface area contributed by atoms with Crippen LogP contribution >= 0.6 is 0 Å². The van der Waals surface area contributed by atoms with E-state index in [1.165, 1.54) is 12.1 Å². The molecule has 6 N–H and O–H groups in total.